The van der Waals surface area contributed by atoms with Gasteiger partial charge in [0.25, 0.3) is 0 Å². The Hall–Kier alpha value is -1.42. The molecular formula is C20H15Br2N. The molecule has 0 saturated carbocycles. The summed E-state index contributed by atoms with van der Waals surface area (Å²) in [6, 6.07) is 25.5. The van der Waals surface area contributed by atoms with Crippen LogP contribution in [-0.4, -0.2) is 0 Å². The van der Waals surface area contributed by atoms with Crippen LogP contribution in [0.4, 0.5) is 0 Å². The van der Waals surface area contributed by atoms with Crippen LogP contribution in [0.3, 0.4) is 0 Å². The van der Waals surface area contributed by atoms with Gasteiger partial charge in [-0.15, -0.1) is 0 Å². The van der Waals surface area contributed by atoms with Crippen molar-refractivity contribution in [3.8, 4) is 0 Å². The van der Waals surface area contributed by atoms with Gasteiger partial charge in [-0.25, -0.2) is 0 Å². The van der Waals surface area contributed by atoms with Gasteiger partial charge in [0.05, 0.1) is 5.41 Å². The maximum absolute atomic E-state index is 6.69. The monoisotopic (exact) mass is 427 g/mol. The van der Waals surface area contributed by atoms with Crippen LogP contribution in [0.25, 0.3) is 0 Å². The molecule has 114 valence electrons. The van der Waals surface area contributed by atoms with Crippen molar-refractivity contribution in [1.29, 1.82) is 0 Å². The summed E-state index contributed by atoms with van der Waals surface area (Å²) in [5, 5.41) is 0. The Labute approximate surface area is 152 Å². The molecule has 0 amide bonds. The lowest BCUT2D eigenvalue weighted by Crippen LogP contribution is -2.49. The Morgan fingerprint density at radius 2 is 1.17 bits per heavy atom. The smallest absolute Gasteiger partial charge is 0.0647 e. The van der Waals surface area contributed by atoms with Crippen molar-refractivity contribution < 1.29 is 0 Å². The first-order valence-electron chi connectivity index (χ1n) is 7.51. The highest BCUT2D eigenvalue weighted by atomic mass is 79.9. The fourth-order valence-electron chi connectivity index (χ4n) is 3.71. The van der Waals surface area contributed by atoms with Gasteiger partial charge in [-0.05, 0) is 46.5 Å². The van der Waals surface area contributed by atoms with E-state index in [1.807, 2.05) is 0 Å². The second kappa shape index (κ2) is 5.59. The Bertz CT molecular complexity index is 808. The summed E-state index contributed by atoms with van der Waals surface area (Å²) in [5.74, 6) is 0. The maximum atomic E-state index is 6.69. The quantitative estimate of drug-likeness (QED) is 0.568. The summed E-state index contributed by atoms with van der Waals surface area (Å²) in [6.45, 7) is 0. The molecule has 2 N–H and O–H groups in total. The fraction of sp³-hybridized carbons (Fsp3) is 0.100. The second-order valence-electron chi connectivity index (χ2n) is 5.89. The van der Waals surface area contributed by atoms with E-state index in [-0.39, 0.29) is 11.5 Å². The number of fused-ring (bicyclic) bond motifs is 1. The van der Waals surface area contributed by atoms with Gasteiger partial charge < -0.3 is 5.73 Å². The first-order chi connectivity index (χ1) is 11.1. The van der Waals surface area contributed by atoms with Crippen molar-refractivity contribution in [1.82, 2.24) is 0 Å². The third-order valence-corrected chi connectivity index (χ3v) is 5.84. The van der Waals surface area contributed by atoms with Gasteiger partial charge >= 0.3 is 0 Å². The van der Waals surface area contributed by atoms with Gasteiger partial charge in [0, 0.05) is 15.0 Å². The van der Waals surface area contributed by atoms with E-state index >= 15 is 0 Å². The average Bonchev–Trinajstić information content (AvgIpc) is 2.58. The summed E-state index contributed by atoms with van der Waals surface area (Å²) >= 11 is 7.05. The van der Waals surface area contributed by atoms with E-state index in [0.717, 1.165) is 8.95 Å². The standard InChI is InChI=1S/C20H15Br2N/c21-15-9-5-13(6-10-15)20(14-7-11-16(22)12-8-14)18-4-2-1-3-17(18)19(20)23/h1-12,19H,23H2. The lowest BCUT2D eigenvalue weighted by molar-refractivity contribution is 0.421. The first-order valence-corrected chi connectivity index (χ1v) is 9.09. The Morgan fingerprint density at radius 1 is 0.696 bits per heavy atom. The van der Waals surface area contributed by atoms with E-state index < -0.39 is 0 Å². The highest BCUT2D eigenvalue weighted by Gasteiger charge is 2.52. The predicted octanol–water partition coefficient (Wildman–Crippen LogP) is 5.56. The van der Waals surface area contributed by atoms with Crippen LogP contribution >= 0.6 is 31.9 Å². The minimum Gasteiger partial charge on any atom is -0.323 e. The van der Waals surface area contributed by atoms with Gasteiger partial charge in [0.15, 0.2) is 0 Å². The van der Waals surface area contributed by atoms with Crippen molar-refractivity contribution in [3.63, 3.8) is 0 Å². The molecule has 3 heteroatoms. The van der Waals surface area contributed by atoms with Crippen molar-refractivity contribution in [2.24, 2.45) is 5.73 Å². The minimum atomic E-state index is -0.280. The maximum Gasteiger partial charge on any atom is 0.0647 e. The second-order valence-corrected chi connectivity index (χ2v) is 7.72. The molecule has 0 heterocycles. The first kappa shape index (κ1) is 15.1. The molecule has 1 aliphatic rings. The molecule has 0 radical (unpaired) electrons. The largest absolute Gasteiger partial charge is 0.323 e. The summed E-state index contributed by atoms with van der Waals surface area (Å²) in [7, 11) is 0. The van der Waals surface area contributed by atoms with Gasteiger partial charge in [0.2, 0.25) is 0 Å². The van der Waals surface area contributed by atoms with Gasteiger partial charge in [-0.1, -0.05) is 80.4 Å². The predicted molar refractivity (Wildman–Crippen MR) is 102 cm³/mol. The lowest BCUT2D eigenvalue weighted by atomic mass is 9.54. The van der Waals surface area contributed by atoms with Gasteiger partial charge in [-0.2, -0.15) is 0 Å². The van der Waals surface area contributed by atoms with E-state index in [4.69, 9.17) is 5.73 Å². The zero-order chi connectivity index (χ0) is 16.0. The van der Waals surface area contributed by atoms with Crippen molar-refractivity contribution >= 4 is 31.9 Å². The Balaban J connectivity index is 1.99. The molecule has 3 aromatic rings. The van der Waals surface area contributed by atoms with Gasteiger partial charge in [0.1, 0.15) is 0 Å². The van der Waals surface area contributed by atoms with E-state index in [1.165, 1.54) is 22.3 Å². The third kappa shape index (κ3) is 2.14. The van der Waals surface area contributed by atoms with Crippen LogP contribution in [-0.2, 0) is 5.41 Å². The van der Waals surface area contributed by atoms with Crippen molar-refractivity contribution in [2.75, 3.05) is 0 Å². The zero-order valence-electron chi connectivity index (χ0n) is 12.3. The van der Waals surface area contributed by atoms with Crippen molar-refractivity contribution in [2.45, 2.75) is 11.5 Å². The molecule has 0 aromatic heterocycles. The van der Waals surface area contributed by atoms with Crippen LogP contribution < -0.4 is 5.73 Å². The van der Waals surface area contributed by atoms with Crippen LogP contribution in [0.5, 0.6) is 0 Å². The fourth-order valence-corrected chi connectivity index (χ4v) is 4.24. The summed E-state index contributed by atoms with van der Waals surface area (Å²) in [5.41, 5.74) is 11.4. The molecule has 23 heavy (non-hydrogen) atoms. The summed E-state index contributed by atoms with van der Waals surface area (Å²) in [4.78, 5) is 0. The Kier molecular flexibility index (Phi) is 3.67. The van der Waals surface area contributed by atoms with E-state index in [1.54, 1.807) is 0 Å². The molecule has 0 fully saturated rings. The molecule has 1 unspecified atom stereocenters. The Morgan fingerprint density at radius 3 is 1.70 bits per heavy atom. The van der Waals surface area contributed by atoms with E-state index in [9.17, 15) is 0 Å². The summed E-state index contributed by atoms with van der Waals surface area (Å²) in [6.07, 6.45) is 0. The summed E-state index contributed by atoms with van der Waals surface area (Å²) < 4.78 is 2.15. The molecule has 0 bridgehead atoms. The highest BCUT2D eigenvalue weighted by molar-refractivity contribution is 9.10. The molecule has 0 saturated heterocycles. The number of benzene rings is 3. The molecule has 1 aliphatic carbocycles. The van der Waals surface area contributed by atoms with Crippen molar-refractivity contribution in [3.05, 3.63) is 104 Å². The number of hydrogen-bond acceptors (Lipinski definition) is 1. The molecule has 3 aromatic carbocycles. The molecule has 1 atom stereocenters. The SMILES string of the molecule is NC1c2ccccc2C1(c1ccc(Br)cc1)c1ccc(Br)cc1. The van der Waals surface area contributed by atoms with Crippen LogP contribution in [0.2, 0.25) is 0 Å². The van der Waals surface area contributed by atoms with Crippen LogP contribution in [0, 0.1) is 0 Å². The van der Waals surface area contributed by atoms with E-state index in [2.05, 4.69) is 105 Å². The lowest BCUT2D eigenvalue weighted by Gasteiger charge is -2.50. The number of nitrogens with two attached hydrogens (primary N) is 1. The number of halogens is 2. The van der Waals surface area contributed by atoms with Crippen LogP contribution in [0.1, 0.15) is 28.3 Å². The number of hydrogen-bond donors (Lipinski definition) is 1. The topological polar surface area (TPSA) is 26.0 Å². The van der Waals surface area contributed by atoms with Crippen LogP contribution in [0.15, 0.2) is 81.7 Å². The molecule has 1 nitrogen and oxygen atoms in total. The number of rotatable bonds is 2. The molecule has 0 spiro atoms. The van der Waals surface area contributed by atoms with Gasteiger partial charge in [-0.3, -0.25) is 0 Å². The normalized spacial score (nSPS) is 18.1. The average molecular weight is 429 g/mol. The highest BCUT2D eigenvalue weighted by Crippen LogP contribution is 2.57. The molecular weight excluding hydrogens is 414 g/mol. The van der Waals surface area contributed by atoms with E-state index in [0.29, 0.717) is 0 Å². The third-order valence-electron chi connectivity index (χ3n) is 4.79. The molecule has 4 rings (SSSR count). The zero-order valence-corrected chi connectivity index (χ0v) is 15.5. The molecule has 0 aliphatic heterocycles. The minimum absolute atomic E-state index is 0.0407.